The molecule has 150 valence electrons. The van der Waals surface area contributed by atoms with Crippen LogP contribution in [0.1, 0.15) is 18.7 Å². The second-order valence-corrected chi connectivity index (χ2v) is 11.6. The van der Waals surface area contributed by atoms with E-state index in [0.717, 1.165) is 16.9 Å². The van der Waals surface area contributed by atoms with E-state index >= 15 is 0 Å². The molecule has 3 rings (SSSR count). The smallest absolute Gasteiger partial charge is 0.309 e. The predicted octanol–water partition coefficient (Wildman–Crippen LogP) is 5.64. The topological polar surface area (TPSA) is 70.4 Å². The Labute approximate surface area is 194 Å². The molecule has 1 aromatic carbocycles. The molecule has 2 heterocycles. The molecule has 3 aromatic rings. The summed E-state index contributed by atoms with van der Waals surface area (Å²) in [6.45, 7) is 4.24. The van der Waals surface area contributed by atoms with Crippen LogP contribution in [-0.2, 0) is 26.8 Å². The van der Waals surface area contributed by atoms with E-state index in [-0.39, 0.29) is 11.7 Å². The molecule has 0 aliphatic heterocycles. The largest absolute Gasteiger partial charge is 0.335 e. The first-order valence-corrected chi connectivity index (χ1v) is 13.3. The maximum absolute atomic E-state index is 12.9. The van der Waals surface area contributed by atoms with Gasteiger partial charge in [-0.2, -0.15) is 0 Å². The standard InChI is InChI=1S/C18H19I2N2O4PS/c1-4-25-27(24,26-5-2)10-12-6-7-15(28-12)17-21-16-13(18(23)22(17)3)8-11(19)9-14(16)20/h6-9H,4-5,10H2,1-3H3. The summed E-state index contributed by atoms with van der Waals surface area (Å²) < 4.78 is 27.1. The van der Waals surface area contributed by atoms with Crippen LogP contribution >= 0.6 is 64.1 Å². The third-order valence-corrected chi connectivity index (χ3v) is 8.75. The fourth-order valence-corrected chi connectivity index (χ4v) is 7.87. The quantitative estimate of drug-likeness (QED) is 0.246. The maximum atomic E-state index is 12.9. The molecule has 0 saturated carbocycles. The van der Waals surface area contributed by atoms with Gasteiger partial charge in [0.05, 0.1) is 35.2 Å². The molecule has 0 amide bonds. The molecule has 0 bridgehead atoms. The number of hydrogen-bond acceptors (Lipinski definition) is 6. The zero-order chi connectivity index (χ0) is 20.5. The van der Waals surface area contributed by atoms with Crippen molar-refractivity contribution in [2.75, 3.05) is 13.2 Å². The first kappa shape index (κ1) is 22.4. The third-order valence-electron chi connectivity index (χ3n) is 3.98. The minimum absolute atomic E-state index is 0.0827. The van der Waals surface area contributed by atoms with Crippen LogP contribution in [0.2, 0.25) is 0 Å². The van der Waals surface area contributed by atoms with Gasteiger partial charge in [-0.3, -0.25) is 13.9 Å². The number of halogens is 2. The van der Waals surface area contributed by atoms with Crippen LogP contribution in [0.15, 0.2) is 29.1 Å². The number of hydrogen-bond donors (Lipinski definition) is 0. The van der Waals surface area contributed by atoms with Crippen molar-refractivity contribution >= 4 is 75.0 Å². The van der Waals surface area contributed by atoms with Gasteiger partial charge < -0.3 is 9.05 Å². The summed E-state index contributed by atoms with van der Waals surface area (Å²) in [6.07, 6.45) is 0.205. The number of thiophene rings is 1. The fourth-order valence-electron chi connectivity index (χ4n) is 2.82. The van der Waals surface area contributed by atoms with Gasteiger partial charge in [0.2, 0.25) is 0 Å². The lowest BCUT2D eigenvalue weighted by Gasteiger charge is -2.15. The van der Waals surface area contributed by atoms with Crippen molar-refractivity contribution in [2.45, 2.75) is 20.0 Å². The van der Waals surface area contributed by atoms with Crippen LogP contribution < -0.4 is 5.56 Å². The Morgan fingerprint density at radius 2 is 1.86 bits per heavy atom. The first-order valence-electron chi connectivity index (χ1n) is 8.61. The average Bonchev–Trinajstić information content (AvgIpc) is 3.06. The van der Waals surface area contributed by atoms with Crippen LogP contribution in [0.4, 0.5) is 0 Å². The van der Waals surface area contributed by atoms with Crippen molar-refractivity contribution in [1.82, 2.24) is 9.55 Å². The molecule has 0 radical (unpaired) electrons. The number of fused-ring (bicyclic) bond motifs is 1. The van der Waals surface area contributed by atoms with Crippen molar-refractivity contribution in [1.29, 1.82) is 0 Å². The Balaban J connectivity index is 2.04. The highest BCUT2D eigenvalue weighted by molar-refractivity contribution is 14.1. The second-order valence-electron chi connectivity index (χ2n) is 5.95. The summed E-state index contributed by atoms with van der Waals surface area (Å²) in [7, 11) is -1.45. The van der Waals surface area contributed by atoms with Crippen LogP contribution in [0.25, 0.3) is 21.6 Å². The summed E-state index contributed by atoms with van der Waals surface area (Å²) >= 11 is 5.86. The summed E-state index contributed by atoms with van der Waals surface area (Å²) in [5.41, 5.74) is 0.615. The summed E-state index contributed by atoms with van der Waals surface area (Å²) in [5, 5.41) is 0.608. The normalized spacial score (nSPS) is 12.0. The highest BCUT2D eigenvalue weighted by Gasteiger charge is 2.25. The van der Waals surface area contributed by atoms with E-state index in [1.165, 1.54) is 11.3 Å². The molecule has 6 nitrogen and oxygen atoms in total. The molecular weight excluding hydrogens is 625 g/mol. The molecule has 0 atom stereocenters. The van der Waals surface area contributed by atoms with Gasteiger partial charge in [0.15, 0.2) is 5.82 Å². The molecule has 0 fully saturated rings. The lowest BCUT2D eigenvalue weighted by atomic mass is 10.2. The van der Waals surface area contributed by atoms with E-state index in [0.29, 0.717) is 29.9 Å². The lowest BCUT2D eigenvalue weighted by Crippen LogP contribution is -2.20. The van der Waals surface area contributed by atoms with E-state index in [4.69, 9.17) is 14.0 Å². The van der Waals surface area contributed by atoms with Crippen molar-refractivity contribution < 1.29 is 13.6 Å². The van der Waals surface area contributed by atoms with Gasteiger partial charge in [-0.1, -0.05) is 0 Å². The zero-order valence-corrected chi connectivity index (χ0v) is 21.6. The van der Waals surface area contributed by atoms with Gasteiger partial charge in [-0.15, -0.1) is 11.3 Å². The average molecular weight is 644 g/mol. The van der Waals surface area contributed by atoms with Crippen molar-refractivity contribution in [3.8, 4) is 10.7 Å². The van der Waals surface area contributed by atoms with Crippen LogP contribution in [-0.4, -0.2) is 22.8 Å². The Bertz CT molecular complexity index is 1120. The molecule has 0 aliphatic carbocycles. The minimum atomic E-state index is -3.17. The molecular formula is C18H19I2N2O4PS. The predicted molar refractivity (Wildman–Crippen MR) is 130 cm³/mol. The van der Waals surface area contributed by atoms with Gasteiger partial charge in [0.25, 0.3) is 5.56 Å². The highest BCUT2D eigenvalue weighted by atomic mass is 127. The monoisotopic (exact) mass is 644 g/mol. The molecule has 0 aliphatic rings. The van der Waals surface area contributed by atoms with Crippen molar-refractivity contribution in [2.24, 2.45) is 7.05 Å². The molecule has 2 aromatic heterocycles. The van der Waals surface area contributed by atoms with Gasteiger partial charge in [-0.05, 0) is 83.3 Å². The van der Waals surface area contributed by atoms with E-state index in [2.05, 4.69) is 45.2 Å². The zero-order valence-electron chi connectivity index (χ0n) is 15.6. The molecule has 10 heteroatoms. The van der Waals surface area contributed by atoms with E-state index < -0.39 is 7.60 Å². The Hall–Kier alpha value is -0.330. The minimum Gasteiger partial charge on any atom is -0.309 e. The number of rotatable bonds is 7. The van der Waals surface area contributed by atoms with Crippen LogP contribution in [0.3, 0.4) is 0 Å². The second kappa shape index (κ2) is 9.22. The third kappa shape index (κ3) is 4.70. The van der Waals surface area contributed by atoms with Gasteiger partial charge >= 0.3 is 7.60 Å². The van der Waals surface area contributed by atoms with Crippen LogP contribution in [0, 0.1) is 7.14 Å². The Kier molecular flexibility index (Phi) is 7.36. The van der Waals surface area contributed by atoms with Crippen LogP contribution in [0.5, 0.6) is 0 Å². The summed E-state index contributed by atoms with van der Waals surface area (Å²) in [4.78, 5) is 19.3. The van der Waals surface area contributed by atoms with E-state index in [9.17, 15) is 9.36 Å². The van der Waals surface area contributed by atoms with Crippen molar-refractivity contribution in [3.05, 3.63) is 46.6 Å². The van der Waals surface area contributed by atoms with E-state index in [1.54, 1.807) is 25.5 Å². The Morgan fingerprint density at radius 1 is 1.18 bits per heavy atom. The first-order chi connectivity index (χ1) is 13.3. The fraction of sp³-hybridized carbons (Fsp3) is 0.333. The lowest BCUT2D eigenvalue weighted by molar-refractivity contribution is 0.219. The molecule has 0 unspecified atom stereocenters. The summed E-state index contributed by atoms with van der Waals surface area (Å²) in [6, 6.07) is 7.65. The molecule has 0 saturated heterocycles. The van der Waals surface area contributed by atoms with Gasteiger partial charge in [-0.25, -0.2) is 4.98 Å². The van der Waals surface area contributed by atoms with E-state index in [1.807, 2.05) is 24.3 Å². The number of aromatic nitrogens is 2. The maximum Gasteiger partial charge on any atom is 0.335 e. The molecule has 28 heavy (non-hydrogen) atoms. The SMILES string of the molecule is CCOP(=O)(Cc1ccc(-c2nc3c(I)cc(I)cc3c(=O)n2C)s1)OCC. The van der Waals surface area contributed by atoms with Gasteiger partial charge in [0, 0.05) is 19.1 Å². The number of nitrogens with zero attached hydrogens (tertiary/aromatic N) is 2. The van der Waals surface area contributed by atoms with Crippen molar-refractivity contribution in [3.63, 3.8) is 0 Å². The highest BCUT2D eigenvalue weighted by Crippen LogP contribution is 2.52. The number of benzene rings is 1. The summed E-state index contributed by atoms with van der Waals surface area (Å²) in [5.74, 6) is 0.593. The Morgan fingerprint density at radius 3 is 2.50 bits per heavy atom. The van der Waals surface area contributed by atoms with Gasteiger partial charge in [0.1, 0.15) is 0 Å². The molecule has 0 spiro atoms. The molecule has 0 N–H and O–H groups in total.